The van der Waals surface area contributed by atoms with Crippen LogP contribution in [0, 0.1) is 0 Å². The van der Waals surface area contributed by atoms with Crippen LogP contribution < -0.4 is 5.73 Å². The van der Waals surface area contributed by atoms with Gasteiger partial charge in [-0.3, -0.25) is 9.80 Å². The number of imidazole rings is 1. The van der Waals surface area contributed by atoms with E-state index in [1.807, 2.05) is 24.4 Å². The molecule has 6 rings (SSSR count). The molecule has 2 N–H and O–H groups in total. The number of benzene rings is 1. The number of likely N-dealkylation sites (N-methyl/N-ethyl adjacent to an activating group) is 1. The topological polar surface area (TPSA) is 79.1 Å². The van der Waals surface area contributed by atoms with Crippen molar-refractivity contribution in [3.63, 3.8) is 0 Å². The van der Waals surface area contributed by atoms with Crippen molar-refractivity contribution >= 4 is 22.8 Å². The quantitative estimate of drug-likeness (QED) is 0.532. The third kappa shape index (κ3) is 3.44. The van der Waals surface area contributed by atoms with Crippen LogP contribution in [0.15, 0.2) is 47.1 Å². The van der Waals surface area contributed by atoms with Gasteiger partial charge in [0.05, 0.1) is 11.9 Å². The molecule has 0 aliphatic carbocycles. The maximum Gasteiger partial charge on any atom is 0.292 e. The first-order chi connectivity index (χ1) is 15.5. The van der Waals surface area contributed by atoms with Crippen molar-refractivity contribution in [2.45, 2.75) is 25.6 Å². The zero-order valence-electron chi connectivity index (χ0n) is 18.6. The highest BCUT2D eigenvalue weighted by Gasteiger charge is 2.34. The standard InChI is InChI=1S/C24H29N7O/c1-16-11-30(8-7-28(16)2)20-14-29(15-20)13-19-10-26-23-6-4-18(12-31(19)23)17-3-5-22-21(9-17)27-24(25)32-22/h3-6,9-10,12,16,20H,7-8,11,13-15H2,1-2H3,(H2,25,27). The van der Waals surface area contributed by atoms with E-state index in [1.165, 1.54) is 25.3 Å². The van der Waals surface area contributed by atoms with Crippen molar-refractivity contribution in [3.8, 4) is 11.1 Å². The summed E-state index contributed by atoms with van der Waals surface area (Å²) < 4.78 is 7.61. The van der Waals surface area contributed by atoms with Gasteiger partial charge in [0.15, 0.2) is 5.58 Å². The lowest BCUT2D eigenvalue weighted by molar-refractivity contribution is -0.0103. The number of nitrogens with two attached hydrogens (primary N) is 1. The highest BCUT2D eigenvalue weighted by atomic mass is 16.4. The van der Waals surface area contributed by atoms with E-state index < -0.39 is 0 Å². The minimum atomic E-state index is 0.198. The van der Waals surface area contributed by atoms with E-state index in [0.29, 0.717) is 17.7 Å². The van der Waals surface area contributed by atoms with Crippen molar-refractivity contribution in [2.24, 2.45) is 0 Å². The summed E-state index contributed by atoms with van der Waals surface area (Å²) in [7, 11) is 2.23. The smallest absolute Gasteiger partial charge is 0.292 e. The molecule has 166 valence electrons. The maximum absolute atomic E-state index is 5.69. The zero-order chi connectivity index (χ0) is 21.8. The SMILES string of the molecule is CC1CN(C2CN(Cc3cnc4ccc(-c5ccc6oc(N)nc6c5)cn34)C2)CCN1C. The third-order valence-electron chi connectivity index (χ3n) is 7.15. The fraction of sp³-hybridized carbons (Fsp3) is 0.417. The average Bonchev–Trinajstić information content (AvgIpc) is 3.33. The Labute approximate surface area is 187 Å². The second-order valence-corrected chi connectivity index (χ2v) is 9.30. The third-order valence-corrected chi connectivity index (χ3v) is 7.15. The van der Waals surface area contributed by atoms with Crippen molar-refractivity contribution in [1.29, 1.82) is 0 Å². The number of oxazole rings is 1. The van der Waals surface area contributed by atoms with E-state index in [2.05, 4.69) is 61.4 Å². The van der Waals surface area contributed by atoms with Crippen LogP contribution in [-0.4, -0.2) is 80.9 Å². The predicted molar refractivity (Wildman–Crippen MR) is 125 cm³/mol. The fourth-order valence-electron chi connectivity index (χ4n) is 4.98. The van der Waals surface area contributed by atoms with Gasteiger partial charge in [0.1, 0.15) is 11.2 Å². The molecule has 2 aliphatic rings. The lowest BCUT2D eigenvalue weighted by Gasteiger charge is -2.49. The summed E-state index contributed by atoms with van der Waals surface area (Å²) in [6.07, 6.45) is 4.17. The molecule has 8 heteroatoms. The number of nitrogen functional groups attached to an aromatic ring is 1. The van der Waals surface area contributed by atoms with Crippen molar-refractivity contribution in [3.05, 3.63) is 48.4 Å². The van der Waals surface area contributed by atoms with Crippen LogP contribution in [0.2, 0.25) is 0 Å². The van der Waals surface area contributed by atoms with Gasteiger partial charge in [-0.15, -0.1) is 0 Å². The molecular weight excluding hydrogens is 402 g/mol. The van der Waals surface area contributed by atoms with Crippen LogP contribution in [0.5, 0.6) is 0 Å². The number of piperazine rings is 1. The Kier molecular flexibility index (Phi) is 4.67. The number of aromatic nitrogens is 3. The lowest BCUT2D eigenvalue weighted by Crippen LogP contribution is -2.63. The Balaban J connectivity index is 1.18. The molecular formula is C24H29N7O. The Morgan fingerprint density at radius 3 is 2.78 bits per heavy atom. The molecule has 2 fully saturated rings. The average molecular weight is 432 g/mol. The molecule has 1 aromatic carbocycles. The van der Waals surface area contributed by atoms with E-state index in [9.17, 15) is 0 Å². The molecule has 0 bridgehead atoms. The Morgan fingerprint density at radius 1 is 1.09 bits per heavy atom. The van der Waals surface area contributed by atoms with Gasteiger partial charge < -0.3 is 19.5 Å². The van der Waals surface area contributed by atoms with E-state index in [-0.39, 0.29) is 6.01 Å². The van der Waals surface area contributed by atoms with Crippen molar-refractivity contribution in [2.75, 3.05) is 45.5 Å². The van der Waals surface area contributed by atoms with Crippen LogP contribution in [0.25, 0.3) is 27.9 Å². The molecule has 8 nitrogen and oxygen atoms in total. The summed E-state index contributed by atoms with van der Waals surface area (Å²) in [5.41, 5.74) is 11.6. The van der Waals surface area contributed by atoms with Crippen LogP contribution in [0.3, 0.4) is 0 Å². The van der Waals surface area contributed by atoms with E-state index >= 15 is 0 Å². The van der Waals surface area contributed by atoms with E-state index in [1.54, 1.807) is 0 Å². The Bertz CT molecular complexity index is 1270. The van der Waals surface area contributed by atoms with Gasteiger partial charge in [-0.1, -0.05) is 6.07 Å². The van der Waals surface area contributed by atoms with Crippen LogP contribution in [0.4, 0.5) is 6.01 Å². The summed E-state index contributed by atoms with van der Waals surface area (Å²) in [6.45, 7) is 9.04. The molecule has 0 saturated carbocycles. The lowest BCUT2D eigenvalue weighted by atomic mass is 10.0. The van der Waals surface area contributed by atoms with E-state index in [4.69, 9.17) is 10.2 Å². The number of hydrogen-bond donors (Lipinski definition) is 1. The van der Waals surface area contributed by atoms with Crippen LogP contribution in [0.1, 0.15) is 12.6 Å². The molecule has 2 saturated heterocycles. The molecule has 0 amide bonds. The summed E-state index contributed by atoms with van der Waals surface area (Å²) in [6, 6.07) is 11.7. The zero-order valence-corrected chi connectivity index (χ0v) is 18.6. The minimum absolute atomic E-state index is 0.198. The van der Waals surface area contributed by atoms with Crippen molar-refractivity contribution < 1.29 is 4.42 Å². The summed E-state index contributed by atoms with van der Waals surface area (Å²) in [4.78, 5) is 16.5. The van der Waals surface area contributed by atoms with Gasteiger partial charge in [0.25, 0.3) is 6.01 Å². The minimum Gasteiger partial charge on any atom is -0.424 e. The fourth-order valence-corrected chi connectivity index (χ4v) is 4.98. The summed E-state index contributed by atoms with van der Waals surface area (Å²) in [5, 5.41) is 0. The molecule has 32 heavy (non-hydrogen) atoms. The van der Waals surface area contributed by atoms with Gasteiger partial charge >= 0.3 is 0 Å². The Morgan fingerprint density at radius 2 is 1.94 bits per heavy atom. The van der Waals surface area contributed by atoms with E-state index in [0.717, 1.165) is 41.9 Å². The first-order valence-electron chi connectivity index (χ1n) is 11.3. The molecule has 5 heterocycles. The first-order valence-corrected chi connectivity index (χ1v) is 11.3. The second-order valence-electron chi connectivity index (χ2n) is 9.30. The molecule has 3 aromatic heterocycles. The number of pyridine rings is 1. The summed E-state index contributed by atoms with van der Waals surface area (Å²) >= 11 is 0. The number of fused-ring (bicyclic) bond motifs is 2. The number of anilines is 1. The van der Waals surface area contributed by atoms with Crippen LogP contribution in [-0.2, 0) is 6.54 Å². The van der Waals surface area contributed by atoms with Gasteiger partial charge in [-0.05, 0) is 49.4 Å². The molecule has 2 aliphatic heterocycles. The molecule has 1 unspecified atom stereocenters. The maximum atomic E-state index is 5.69. The Hall–Kier alpha value is -2.94. The number of likely N-dealkylation sites (tertiary alicyclic amines) is 1. The molecule has 0 spiro atoms. The normalized spacial score (nSPS) is 21.5. The highest BCUT2D eigenvalue weighted by molar-refractivity contribution is 5.81. The summed E-state index contributed by atoms with van der Waals surface area (Å²) in [5.74, 6) is 0. The largest absolute Gasteiger partial charge is 0.424 e. The predicted octanol–water partition coefficient (Wildman–Crippen LogP) is 2.54. The van der Waals surface area contributed by atoms with Crippen molar-refractivity contribution in [1.82, 2.24) is 29.1 Å². The number of hydrogen-bond acceptors (Lipinski definition) is 7. The monoisotopic (exact) mass is 431 g/mol. The number of rotatable bonds is 4. The van der Waals surface area contributed by atoms with Gasteiger partial charge in [-0.2, -0.15) is 4.98 Å². The van der Waals surface area contributed by atoms with Crippen LogP contribution >= 0.6 is 0 Å². The first kappa shape index (κ1) is 19.7. The van der Waals surface area contributed by atoms with Gasteiger partial charge in [0.2, 0.25) is 0 Å². The van der Waals surface area contributed by atoms with Gasteiger partial charge in [-0.25, -0.2) is 4.98 Å². The van der Waals surface area contributed by atoms with Gasteiger partial charge in [0, 0.05) is 57.5 Å². The highest BCUT2D eigenvalue weighted by Crippen LogP contribution is 2.27. The number of nitrogens with zero attached hydrogens (tertiary/aromatic N) is 6. The molecule has 4 aromatic rings. The molecule has 0 radical (unpaired) electrons. The second kappa shape index (κ2) is 7.58. The molecule has 1 atom stereocenters.